The van der Waals surface area contributed by atoms with Gasteiger partial charge < -0.3 is 9.88 Å². The molecule has 4 aromatic rings. The van der Waals surface area contributed by atoms with Gasteiger partial charge in [0, 0.05) is 42.5 Å². The van der Waals surface area contributed by atoms with E-state index < -0.39 is 0 Å². The van der Waals surface area contributed by atoms with Gasteiger partial charge in [-0.2, -0.15) is 0 Å². The van der Waals surface area contributed by atoms with Gasteiger partial charge in [0.15, 0.2) is 0 Å². The summed E-state index contributed by atoms with van der Waals surface area (Å²) in [6, 6.07) is 27.4. The second-order valence-electron chi connectivity index (χ2n) is 7.80. The van der Waals surface area contributed by atoms with Crippen LogP contribution < -0.4 is 0 Å². The Kier molecular flexibility index (Phi) is 4.65. The molecule has 1 aliphatic heterocycles. The minimum atomic E-state index is 0.228. The predicted molar refractivity (Wildman–Crippen MR) is 117 cm³/mol. The molecule has 29 heavy (non-hydrogen) atoms. The fourth-order valence-corrected chi connectivity index (χ4v) is 4.51. The van der Waals surface area contributed by atoms with Gasteiger partial charge in [0.25, 0.3) is 0 Å². The number of aromatic nitrogens is 1. The number of aromatic amines is 1. The van der Waals surface area contributed by atoms with Crippen molar-refractivity contribution in [3.05, 3.63) is 107 Å². The molecular formula is C26H24N2O. The number of carbonyl (C=O) groups is 1. The van der Waals surface area contributed by atoms with Crippen molar-refractivity contribution in [2.75, 3.05) is 6.54 Å². The summed E-state index contributed by atoms with van der Waals surface area (Å²) >= 11 is 0. The van der Waals surface area contributed by atoms with Crippen molar-refractivity contribution < 1.29 is 4.79 Å². The van der Waals surface area contributed by atoms with Gasteiger partial charge in [-0.15, -0.1) is 0 Å². The van der Waals surface area contributed by atoms with E-state index in [0.717, 1.165) is 18.5 Å². The lowest BCUT2D eigenvalue weighted by Crippen LogP contribution is -2.38. The maximum absolute atomic E-state index is 13.1. The lowest BCUT2D eigenvalue weighted by atomic mass is 9.84. The molecule has 0 unspecified atom stereocenters. The first-order chi connectivity index (χ1) is 14.3. The summed E-state index contributed by atoms with van der Waals surface area (Å²) in [5.74, 6) is 0.462. The monoisotopic (exact) mass is 380 g/mol. The first-order valence-electron chi connectivity index (χ1n) is 10.2. The molecule has 3 nitrogen and oxygen atoms in total. The quantitative estimate of drug-likeness (QED) is 0.514. The molecule has 1 aliphatic rings. The van der Waals surface area contributed by atoms with Crippen molar-refractivity contribution in [3.63, 3.8) is 0 Å². The van der Waals surface area contributed by atoms with Crippen LogP contribution in [-0.2, 0) is 17.8 Å². The zero-order valence-electron chi connectivity index (χ0n) is 16.3. The van der Waals surface area contributed by atoms with Gasteiger partial charge >= 0.3 is 0 Å². The number of hydrogen-bond donors (Lipinski definition) is 1. The smallest absolute Gasteiger partial charge is 0.223 e. The number of rotatable bonds is 4. The molecule has 1 atom stereocenters. The Morgan fingerprint density at radius 3 is 2.59 bits per heavy atom. The normalized spacial score (nSPS) is 16.0. The molecule has 3 aromatic carbocycles. The Morgan fingerprint density at radius 2 is 1.69 bits per heavy atom. The number of H-pyrrole nitrogens is 1. The van der Waals surface area contributed by atoms with Gasteiger partial charge in [-0.25, -0.2) is 0 Å². The number of amides is 1. The van der Waals surface area contributed by atoms with Crippen molar-refractivity contribution in [1.82, 2.24) is 9.88 Å². The average Bonchev–Trinajstić information content (AvgIpc) is 3.20. The van der Waals surface area contributed by atoms with E-state index in [-0.39, 0.29) is 11.8 Å². The number of hydrogen-bond acceptors (Lipinski definition) is 1. The van der Waals surface area contributed by atoms with Gasteiger partial charge in [-0.05, 0) is 34.7 Å². The van der Waals surface area contributed by atoms with Gasteiger partial charge in [0.1, 0.15) is 0 Å². The van der Waals surface area contributed by atoms with Gasteiger partial charge in [0.2, 0.25) is 5.91 Å². The van der Waals surface area contributed by atoms with Crippen LogP contribution in [0.2, 0.25) is 0 Å². The molecule has 1 amide bonds. The Labute approximate surface area is 171 Å². The van der Waals surface area contributed by atoms with Crippen LogP contribution >= 0.6 is 0 Å². The van der Waals surface area contributed by atoms with Crippen LogP contribution in [0.1, 0.15) is 34.6 Å². The van der Waals surface area contributed by atoms with Crippen LogP contribution in [0.3, 0.4) is 0 Å². The minimum Gasteiger partial charge on any atom is -0.361 e. The molecule has 2 heterocycles. The average molecular weight is 380 g/mol. The van der Waals surface area contributed by atoms with Crippen LogP contribution in [0.15, 0.2) is 85.1 Å². The van der Waals surface area contributed by atoms with E-state index in [1.807, 2.05) is 29.3 Å². The summed E-state index contributed by atoms with van der Waals surface area (Å²) in [4.78, 5) is 18.5. The molecule has 1 N–H and O–H groups in total. The highest BCUT2D eigenvalue weighted by Crippen LogP contribution is 2.33. The summed E-state index contributed by atoms with van der Waals surface area (Å²) in [5, 5.41) is 1.21. The zero-order valence-corrected chi connectivity index (χ0v) is 16.3. The number of benzene rings is 3. The molecule has 0 aliphatic carbocycles. The van der Waals surface area contributed by atoms with Crippen LogP contribution in [0.5, 0.6) is 0 Å². The fourth-order valence-electron chi connectivity index (χ4n) is 4.51. The summed E-state index contributed by atoms with van der Waals surface area (Å²) in [6.07, 6.45) is 3.33. The van der Waals surface area contributed by atoms with E-state index in [0.29, 0.717) is 13.0 Å². The standard InChI is InChI=1S/C26H24N2O/c29-26(15-14-20-16-27-25-13-7-6-12-23(20)25)28-17-21-10-4-5-11-22(21)24(18-28)19-8-2-1-3-9-19/h1-13,16,24,27H,14-15,17-18H2/t24-/m1/s1. The SMILES string of the molecule is O=C(CCc1c[nH]c2ccccc12)N1Cc2ccccc2[C@@H](c2ccccc2)C1. The highest BCUT2D eigenvalue weighted by molar-refractivity contribution is 5.84. The number of para-hydroxylation sites is 1. The second kappa shape index (κ2) is 7.59. The lowest BCUT2D eigenvalue weighted by molar-refractivity contribution is -0.132. The van der Waals surface area contributed by atoms with Crippen LogP contribution in [-0.4, -0.2) is 22.3 Å². The third kappa shape index (κ3) is 3.44. The summed E-state index contributed by atoms with van der Waals surface area (Å²) < 4.78 is 0. The molecule has 1 aromatic heterocycles. The molecule has 144 valence electrons. The molecular weight excluding hydrogens is 356 g/mol. The van der Waals surface area contributed by atoms with E-state index in [4.69, 9.17) is 0 Å². The molecule has 0 spiro atoms. The van der Waals surface area contributed by atoms with E-state index >= 15 is 0 Å². The number of nitrogens with zero attached hydrogens (tertiary/aromatic N) is 1. The van der Waals surface area contributed by atoms with Crippen molar-refractivity contribution in [1.29, 1.82) is 0 Å². The van der Waals surface area contributed by atoms with Crippen molar-refractivity contribution in [2.24, 2.45) is 0 Å². The van der Waals surface area contributed by atoms with E-state index in [1.165, 1.54) is 27.6 Å². The van der Waals surface area contributed by atoms with E-state index in [2.05, 4.69) is 65.6 Å². The molecule has 3 heteroatoms. The molecule has 5 rings (SSSR count). The highest BCUT2D eigenvalue weighted by Gasteiger charge is 2.28. The maximum Gasteiger partial charge on any atom is 0.223 e. The predicted octanol–water partition coefficient (Wildman–Crippen LogP) is 5.27. The number of nitrogens with one attached hydrogen (secondary N) is 1. The second-order valence-corrected chi connectivity index (χ2v) is 7.80. The Hall–Kier alpha value is -3.33. The van der Waals surface area contributed by atoms with Crippen molar-refractivity contribution in [3.8, 4) is 0 Å². The van der Waals surface area contributed by atoms with Gasteiger partial charge in [-0.3, -0.25) is 4.79 Å². The van der Waals surface area contributed by atoms with Gasteiger partial charge in [0.05, 0.1) is 0 Å². The fraction of sp³-hybridized carbons (Fsp3) is 0.192. The Bertz CT molecular complexity index is 1150. The topological polar surface area (TPSA) is 36.1 Å². The van der Waals surface area contributed by atoms with E-state index in [1.54, 1.807) is 0 Å². The molecule has 0 saturated heterocycles. The summed E-state index contributed by atoms with van der Waals surface area (Å²) in [5.41, 5.74) is 6.22. The van der Waals surface area contributed by atoms with Gasteiger partial charge in [-0.1, -0.05) is 72.8 Å². The Balaban J connectivity index is 1.36. The first-order valence-corrected chi connectivity index (χ1v) is 10.2. The molecule has 0 saturated carbocycles. The van der Waals surface area contributed by atoms with E-state index in [9.17, 15) is 4.79 Å². The number of aryl methyl sites for hydroxylation is 1. The summed E-state index contributed by atoms with van der Waals surface area (Å²) in [6.45, 7) is 1.44. The third-order valence-corrected chi connectivity index (χ3v) is 6.03. The minimum absolute atomic E-state index is 0.228. The van der Waals surface area contributed by atoms with Crippen LogP contribution in [0.4, 0.5) is 0 Å². The Morgan fingerprint density at radius 1 is 0.931 bits per heavy atom. The molecule has 0 radical (unpaired) electrons. The third-order valence-electron chi connectivity index (χ3n) is 6.03. The number of carbonyl (C=O) groups excluding carboxylic acids is 1. The lowest BCUT2D eigenvalue weighted by Gasteiger charge is -2.35. The maximum atomic E-state index is 13.1. The van der Waals surface area contributed by atoms with Crippen LogP contribution in [0, 0.1) is 0 Å². The highest BCUT2D eigenvalue weighted by atomic mass is 16.2. The number of fused-ring (bicyclic) bond motifs is 2. The molecule has 0 fully saturated rings. The summed E-state index contributed by atoms with van der Waals surface area (Å²) in [7, 11) is 0. The first kappa shape index (κ1) is 17.7. The largest absolute Gasteiger partial charge is 0.361 e. The van der Waals surface area contributed by atoms with Crippen molar-refractivity contribution >= 4 is 16.8 Å². The zero-order chi connectivity index (χ0) is 19.6. The van der Waals surface area contributed by atoms with Crippen LogP contribution in [0.25, 0.3) is 10.9 Å². The molecule has 0 bridgehead atoms. The van der Waals surface area contributed by atoms with Crippen molar-refractivity contribution in [2.45, 2.75) is 25.3 Å².